The lowest BCUT2D eigenvalue weighted by molar-refractivity contribution is -0.114. The molecule has 0 saturated carbocycles. The van der Waals surface area contributed by atoms with E-state index in [-0.39, 0.29) is 30.5 Å². The van der Waals surface area contributed by atoms with Gasteiger partial charge in [-0.1, -0.05) is 6.07 Å². The van der Waals surface area contributed by atoms with Crippen LogP contribution in [0.1, 0.15) is 38.1 Å². The average molecular weight is 468 g/mol. The van der Waals surface area contributed by atoms with Crippen molar-refractivity contribution >= 4 is 55.7 Å². The molecule has 1 aromatic heterocycles. The molecule has 0 saturated heterocycles. The molecule has 7 nitrogen and oxygen atoms in total. The van der Waals surface area contributed by atoms with Crippen LogP contribution in [0.15, 0.2) is 22.7 Å². The molecule has 2 amide bonds. The van der Waals surface area contributed by atoms with Crippen LogP contribution in [0.3, 0.4) is 0 Å². The summed E-state index contributed by atoms with van der Waals surface area (Å²) < 4.78 is 5.93. The molecule has 0 aliphatic rings. The number of hydrogen-bond acceptors (Lipinski definition) is 6. The maximum Gasteiger partial charge on any atom is 0.341 e. The fraction of sp³-hybridized carbons (Fsp3) is 0.316. The van der Waals surface area contributed by atoms with Crippen LogP contribution >= 0.6 is 27.3 Å². The normalized spacial score (nSPS) is 10.3. The van der Waals surface area contributed by atoms with Crippen LogP contribution in [-0.4, -0.2) is 38.0 Å². The Bertz CT molecular complexity index is 911. The van der Waals surface area contributed by atoms with Crippen LogP contribution in [0.2, 0.25) is 0 Å². The Kier molecular flexibility index (Phi) is 7.59. The van der Waals surface area contributed by atoms with Crippen molar-refractivity contribution in [2.75, 3.05) is 30.8 Å². The lowest BCUT2D eigenvalue weighted by Crippen LogP contribution is -2.22. The number of halogens is 1. The first-order valence-electron chi connectivity index (χ1n) is 8.60. The van der Waals surface area contributed by atoms with Gasteiger partial charge in [0.25, 0.3) is 5.91 Å². The Morgan fingerprint density at radius 3 is 2.54 bits per heavy atom. The molecule has 0 unspecified atom stereocenters. The zero-order valence-electron chi connectivity index (χ0n) is 16.1. The van der Waals surface area contributed by atoms with E-state index in [4.69, 9.17) is 4.74 Å². The second kappa shape index (κ2) is 9.70. The van der Waals surface area contributed by atoms with E-state index in [1.807, 2.05) is 25.1 Å². The highest BCUT2D eigenvalue weighted by molar-refractivity contribution is 9.10. The summed E-state index contributed by atoms with van der Waals surface area (Å²) in [5.41, 5.74) is 2.55. The molecule has 0 fully saturated rings. The Morgan fingerprint density at radius 2 is 1.93 bits per heavy atom. The van der Waals surface area contributed by atoms with Gasteiger partial charge in [0.1, 0.15) is 5.00 Å². The van der Waals surface area contributed by atoms with Crippen LogP contribution in [0, 0.1) is 13.8 Å². The van der Waals surface area contributed by atoms with Gasteiger partial charge in [0.05, 0.1) is 23.6 Å². The highest BCUT2D eigenvalue weighted by Gasteiger charge is 2.26. The summed E-state index contributed by atoms with van der Waals surface area (Å²) in [4.78, 5) is 37.2. The number of carbonyl (C=O) groups excluding carboxylic acids is 3. The minimum absolute atomic E-state index is 0.00379. The number of ether oxygens (including phenoxy) is 1. The van der Waals surface area contributed by atoms with Crippen molar-refractivity contribution in [3.63, 3.8) is 0 Å². The van der Waals surface area contributed by atoms with Crippen molar-refractivity contribution in [1.82, 2.24) is 5.32 Å². The molecule has 0 atom stereocenters. The molecule has 9 heteroatoms. The van der Waals surface area contributed by atoms with E-state index < -0.39 is 5.97 Å². The fourth-order valence-corrected chi connectivity index (χ4v) is 4.28. The van der Waals surface area contributed by atoms with E-state index in [1.165, 1.54) is 7.05 Å². The van der Waals surface area contributed by atoms with Gasteiger partial charge in [-0.3, -0.25) is 9.59 Å². The number of nitrogens with one attached hydrogen (secondary N) is 3. The molecule has 1 aromatic carbocycles. The second-order valence-corrected chi connectivity index (χ2v) is 7.82. The van der Waals surface area contributed by atoms with Gasteiger partial charge in [0.15, 0.2) is 0 Å². The summed E-state index contributed by atoms with van der Waals surface area (Å²) in [6, 6.07) is 5.75. The number of benzene rings is 1. The predicted molar refractivity (Wildman–Crippen MR) is 114 cm³/mol. The summed E-state index contributed by atoms with van der Waals surface area (Å²) in [5.74, 6) is -1.24. The number of carbonyl (C=O) groups is 3. The van der Waals surface area contributed by atoms with Gasteiger partial charge in [0, 0.05) is 17.2 Å². The van der Waals surface area contributed by atoms with Crippen molar-refractivity contribution in [2.24, 2.45) is 0 Å². The van der Waals surface area contributed by atoms with Gasteiger partial charge < -0.3 is 20.7 Å². The molecular weight excluding hydrogens is 446 g/mol. The summed E-state index contributed by atoms with van der Waals surface area (Å²) in [7, 11) is 1.51. The van der Waals surface area contributed by atoms with Crippen LogP contribution in [0.25, 0.3) is 0 Å². The second-order valence-electron chi connectivity index (χ2n) is 5.94. The molecule has 2 aromatic rings. The SMILES string of the molecule is CCOC(=O)c1c(NC(=O)CNc2ccc(C)cc2Br)sc(C(=O)NC)c1C. The number of anilines is 2. The van der Waals surface area contributed by atoms with Gasteiger partial charge in [-0.05, 0) is 60.0 Å². The van der Waals surface area contributed by atoms with Crippen LogP contribution < -0.4 is 16.0 Å². The summed E-state index contributed by atoms with van der Waals surface area (Å²) in [6.07, 6.45) is 0. The summed E-state index contributed by atoms with van der Waals surface area (Å²) >= 11 is 4.50. The average Bonchev–Trinajstić information content (AvgIpc) is 2.96. The molecule has 0 aliphatic heterocycles. The van der Waals surface area contributed by atoms with E-state index in [0.29, 0.717) is 15.4 Å². The zero-order chi connectivity index (χ0) is 20.8. The summed E-state index contributed by atoms with van der Waals surface area (Å²) in [6.45, 7) is 5.52. The first kappa shape index (κ1) is 21.9. The number of amides is 2. The Labute approximate surface area is 176 Å². The number of hydrogen-bond donors (Lipinski definition) is 3. The van der Waals surface area contributed by atoms with Crippen molar-refractivity contribution in [3.05, 3.63) is 44.2 Å². The van der Waals surface area contributed by atoms with Crippen LogP contribution in [0.5, 0.6) is 0 Å². The minimum atomic E-state index is -0.573. The fourth-order valence-electron chi connectivity index (χ4n) is 2.49. The topological polar surface area (TPSA) is 96.5 Å². The van der Waals surface area contributed by atoms with Gasteiger partial charge in [-0.25, -0.2) is 4.79 Å². The number of esters is 1. The third kappa shape index (κ3) is 5.11. The van der Waals surface area contributed by atoms with Gasteiger partial charge in [-0.15, -0.1) is 11.3 Å². The van der Waals surface area contributed by atoms with Crippen LogP contribution in [0.4, 0.5) is 10.7 Å². The predicted octanol–water partition coefficient (Wildman–Crippen LogP) is 3.71. The molecule has 150 valence electrons. The molecule has 0 bridgehead atoms. The first-order valence-corrected chi connectivity index (χ1v) is 10.2. The van der Waals surface area contributed by atoms with Crippen LogP contribution in [-0.2, 0) is 9.53 Å². The molecule has 2 rings (SSSR count). The van der Waals surface area contributed by atoms with E-state index in [0.717, 1.165) is 27.1 Å². The van der Waals surface area contributed by atoms with E-state index in [2.05, 4.69) is 31.9 Å². The highest BCUT2D eigenvalue weighted by Crippen LogP contribution is 2.33. The molecule has 3 N–H and O–H groups in total. The lowest BCUT2D eigenvalue weighted by atomic mass is 10.1. The maximum absolute atomic E-state index is 12.4. The lowest BCUT2D eigenvalue weighted by Gasteiger charge is -2.10. The summed E-state index contributed by atoms with van der Waals surface area (Å²) in [5, 5.41) is 8.58. The van der Waals surface area contributed by atoms with Gasteiger partial charge >= 0.3 is 5.97 Å². The number of thiophene rings is 1. The van der Waals surface area contributed by atoms with E-state index in [1.54, 1.807) is 13.8 Å². The number of aryl methyl sites for hydroxylation is 1. The maximum atomic E-state index is 12.4. The zero-order valence-corrected chi connectivity index (χ0v) is 18.5. The molecular formula is C19H22BrN3O4S. The third-order valence-corrected chi connectivity index (χ3v) is 5.74. The Balaban J connectivity index is 2.20. The number of rotatable bonds is 7. The Morgan fingerprint density at radius 1 is 1.21 bits per heavy atom. The molecule has 0 radical (unpaired) electrons. The molecule has 0 aliphatic carbocycles. The molecule has 28 heavy (non-hydrogen) atoms. The van der Waals surface area contributed by atoms with Crippen molar-refractivity contribution < 1.29 is 19.1 Å². The minimum Gasteiger partial charge on any atom is -0.462 e. The quantitative estimate of drug-likeness (QED) is 0.539. The molecule has 1 heterocycles. The highest BCUT2D eigenvalue weighted by atomic mass is 79.9. The van der Waals surface area contributed by atoms with Crippen molar-refractivity contribution in [2.45, 2.75) is 20.8 Å². The standard InChI is InChI=1S/C19H22BrN3O4S/c1-5-27-19(26)15-11(3)16(17(25)21-4)28-18(15)23-14(24)9-22-13-7-6-10(2)8-12(13)20/h6-8,22H,5,9H2,1-4H3,(H,21,25)(H,23,24). The molecule has 0 spiro atoms. The van der Waals surface area contributed by atoms with E-state index in [9.17, 15) is 14.4 Å². The van der Waals surface area contributed by atoms with Crippen molar-refractivity contribution in [1.29, 1.82) is 0 Å². The third-order valence-electron chi connectivity index (χ3n) is 3.88. The van der Waals surface area contributed by atoms with Gasteiger partial charge in [0.2, 0.25) is 5.91 Å². The Hall–Kier alpha value is -2.39. The monoisotopic (exact) mass is 467 g/mol. The first-order chi connectivity index (χ1) is 13.3. The van der Waals surface area contributed by atoms with E-state index >= 15 is 0 Å². The largest absolute Gasteiger partial charge is 0.462 e. The smallest absolute Gasteiger partial charge is 0.341 e. The van der Waals surface area contributed by atoms with Gasteiger partial charge in [-0.2, -0.15) is 0 Å². The van der Waals surface area contributed by atoms with Crippen molar-refractivity contribution in [3.8, 4) is 0 Å².